The van der Waals surface area contributed by atoms with Crippen LogP contribution in [0.25, 0.3) is 5.69 Å². The fraction of sp³-hybridized carbons (Fsp3) is 0.500. The summed E-state index contributed by atoms with van der Waals surface area (Å²) >= 11 is 0. The number of hydrogen-bond donors (Lipinski definition) is 1. The van der Waals surface area contributed by atoms with Gasteiger partial charge in [-0.2, -0.15) is 5.10 Å². The molecular formula is C18H27N3. The lowest BCUT2D eigenvalue weighted by molar-refractivity contribution is 0.379. The lowest BCUT2D eigenvalue weighted by Gasteiger charge is -2.27. The van der Waals surface area contributed by atoms with Crippen LogP contribution in [-0.4, -0.2) is 21.9 Å². The Morgan fingerprint density at radius 3 is 2.33 bits per heavy atom. The van der Waals surface area contributed by atoms with Gasteiger partial charge in [0, 0.05) is 11.7 Å². The Hall–Kier alpha value is -1.61. The predicted octanol–water partition coefficient (Wildman–Crippen LogP) is 3.93. The molecule has 2 rings (SSSR count). The van der Waals surface area contributed by atoms with Crippen molar-refractivity contribution in [3.63, 3.8) is 0 Å². The molecule has 0 saturated heterocycles. The number of benzene rings is 1. The van der Waals surface area contributed by atoms with Crippen molar-refractivity contribution in [2.45, 2.75) is 52.0 Å². The topological polar surface area (TPSA) is 29.9 Å². The van der Waals surface area contributed by atoms with Gasteiger partial charge in [0.1, 0.15) is 0 Å². The lowest BCUT2D eigenvalue weighted by atomic mass is 9.83. The third kappa shape index (κ3) is 4.43. The number of aromatic nitrogens is 2. The lowest BCUT2D eigenvalue weighted by Crippen LogP contribution is -2.38. The molecule has 0 aliphatic heterocycles. The van der Waals surface area contributed by atoms with Gasteiger partial charge < -0.3 is 5.32 Å². The smallest absolute Gasteiger partial charge is 0.0645 e. The summed E-state index contributed by atoms with van der Waals surface area (Å²) in [4.78, 5) is 0. The van der Waals surface area contributed by atoms with E-state index in [0.29, 0.717) is 0 Å². The van der Waals surface area contributed by atoms with Crippen LogP contribution in [0, 0.1) is 0 Å². The summed E-state index contributed by atoms with van der Waals surface area (Å²) in [6, 6.07) is 10.2. The Morgan fingerprint density at radius 1 is 1.05 bits per heavy atom. The van der Waals surface area contributed by atoms with E-state index >= 15 is 0 Å². The molecule has 0 aliphatic carbocycles. The van der Waals surface area contributed by atoms with Gasteiger partial charge in [-0.05, 0) is 56.8 Å². The molecule has 1 aromatic carbocycles. The van der Waals surface area contributed by atoms with E-state index in [4.69, 9.17) is 0 Å². The Balaban J connectivity index is 2.06. The number of rotatable bonds is 5. The first-order valence-corrected chi connectivity index (χ1v) is 7.64. The number of para-hydroxylation sites is 1. The van der Waals surface area contributed by atoms with Crippen LogP contribution < -0.4 is 5.32 Å². The van der Waals surface area contributed by atoms with Crippen molar-refractivity contribution >= 4 is 0 Å². The van der Waals surface area contributed by atoms with E-state index in [0.717, 1.165) is 18.7 Å². The average Bonchev–Trinajstić information content (AvgIpc) is 2.88. The van der Waals surface area contributed by atoms with Crippen molar-refractivity contribution < 1.29 is 0 Å². The zero-order valence-electron chi connectivity index (χ0n) is 13.9. The molecular weight excluding hydrogens is 258 g/mol. The van der Waals surface area contributed by atoms with Gasteiger partial charge in [0.2, 0.25) is 0 Å². The molecule has 2 aromatic rings. The highest BCUT2D eigenvalue weighted by molar-refractivity contribution is 5.32. The zero-order chi connectivity index (χ0) is 15.5. The van der Waals surface area contributed by atoms with Crippen LogP contribution in [0.5, 0.6) is 0 Å². The molecule has 0 atom stereocenters. The minimum atomic E-state index is 0.116. The molecule has 1 N–H and O–H groups in total. The van der Waals surface area contributed by atoms with E-state index in [9.17, 15) is 0 Å². The van der Waals surface area contributed by atoms with Gasteiger partial charge >= 0.3 is 0 Å². The Kier molecular flexibility index (Phi) is 4.52. The number of nitrogens with one attached hydrogen (secondary N) is 1. The van der Waals surface area contributed by atoms with Crippen molar-refractivity contribution in [1.82, 2.24) is 15.1 Å². The Labute approximate surface area is 128 Å². The minimum absolute atomic E-state index is 0.116. The summed E-state index contributed by atoms with van der Waals surface area (Å²) in [5.74, 6) is 0. The summed E-state index contributed by atoms with van der Waals surface area (Å²) in [6.45, 7) is 12.2. The van der Waals surface area contributed by atoms with E-state index in [1.165, 1.54) is 5.56 Å². The molecule has 0 spiro atoms. The van der Waals surface area contributed by atoms with Crippen LogP contribution in [-0.2, 0) is 5.41 Å². The highest BCUT2D eigenvalue weighted by Gasteiger charge is 2.23. The van der Waals surface area contributed by atoms with Crippen LogP contribution in [0.3, 0.4) is 0 Å². The number of hydrogen-bond acceptors (Lipinski definition) is 2. The van der Waals surface area contributed by atoms with Gasteiger partial charge in [0.05, 0.1) is 11.9 Å². The molecule has 0 unspecified atom stereocenters. The Bertz CT molecular complexity index is 562. The summed E-state index contributed by atoms with van der Waals surface area (Å²) < 4.78 is 1.95. The maximum Gasteiger partial charge on any atom is 0.0645 e. The molecule has 0 fully saturated rings. The van der Waals surface area contributed by atoms with Gasteiger partial charge in [-0.25, -0.2) is 4.68 Å². The summed E-state index contributed by atoms with van der Waals surface area (Å²) in [7, 11) is 0. The van der Waals surface area contributed by atoms with Crippen LogP contribution >= 0.6 is 0 Å². The van der Waals surface area contributed by atoms with Crippen molar-refractivity contribution in [2.24, 2.45) is 0 Å². The Morgan fingerprint density at radius 2 is 1.71 bits per heavy atom. The van der Waals surface area contributed by atoms with E-state index in [1.807, 2.05) is 29.1 Å². The second-order valence-corrected chi connectivity index (χ2v) is 7.32. The average molecular weight is 285 g/mol. The SMILES string of the molecule is CC(C)(C)NCCC(C)(C)c1cnn(-c2ccccc2)c1. The van der Waals surface area contributed by atoms with Crippen molar-refractivity contribution in [1.29, 1.82) is 0 Å². The molecule has 0 saturated carbocycles. The standard InChI is InChI=1S/C18H27N3/c1-17(2,3)19-12-11-18(4,5)15-13-20-21(14-15)16-9-7-6-8-10-16/h6-10,13-14,19H,11-12H2,1-5H3. The molecule has 0 radical (unpaired) electrons. The van der Waals surface area contributed by atoms with Gasteiger partial charge in [-0.15, -0.1) is 0 Å². The molecule has 0 bridgehead atoms. The van der Waals surface area contributed by atoms with Crippen LogP contribution in [0.1, 0.15) is 46.6 Å². The fourth-order valence-corrected chi connectivity index (χ4v) is 2.29. The third-order valence-corrected chi connectivity index (χ3v) is 3.79. The summed E-state index contributed by atoms with van der Waals surface area (Å²) in [5.41, 5.74) is 2.67. The largest absolute Gasteiger partial charge is 0.312 e. The summed E-state index contributed by atoms with van der Waals surface area (Å²) in [6.07, 6.45) is 5.22. The quantitative estimate of drug-likeness (QED) is 0.902. The van der Waals surface area contributed by atoms with Gasteiger partial charge in [-0.3, -0.25) is 0 Å². The molecule has 0 amide bonds. The molecule has 0 aliphatic rings. The molecule has 3 nitrogen and oxygen atoms in total. The molecule has 114 valence electrons. The second-order valence-electron chi connectivity index (χ2n) is 7.32. The van der Waals surface area contributed by atoms with Crippen LogP contribution in [0.15, 0.2) is 42.7 Å². The van der Waals surface area contributed by atoms with Crippen LogP contribution in [0.2, 0.25) is 0 Å². The van der Waals surface area contributed by atoms with Gasteiger partial charge in [-0.1, -0.05) is 32.0 Å². The fourth-order valence-electron chi connectivity index (χ4n) is 2.29. The van der Waals surface area contributed by atoms with Crippen molar-refractivity contribution in [3.8, 4) is 5.69 Å². The van der Waals surface area contributed by atoms with Crippen LogP contribution in [0.4, 0.5) is 0 Å². The summed E-state index contributed by atoms with van der Waals surface area (Å²) in [5, 5.41) is 8.06. The molecule has 21 heavy (non-hydrogen) atoms. The van der Waals surface area contributed by atoms with E-state index < -0.39 is 0 Å². The van der Waals surface area contributed by atoms with E-state index in [-0.39, 0.29) is 11.0 Å². The monoisotopic (exact) mass is 285 g/mol. The number of nitrogens with zero attached hydrogens (tertiary/aromatic N) is 2. The highest BCUT2D eigenvalue weighted by atomic mass is 15.3. The van der Waals surface area contributed by atoms with Crippen molar-refractivity contribution in [2.75, 3.05) is 6.54 Å². The maximum atomic E-state index is 4.51. The molecule has 1 heterocycles. The normalized spacial score (nSPS) is 12.6. The highest BCUT2D eigenvalue weighted by Crippen LogP contribution is 2.27. The zero-order valence-corrected chi connectivity index (χ0v) is 13.9. The van der Waals surface area contributed by atoms with Gasteiger partial charge in [0.25, 0.3) is 0 Å². The first-order valence-electron chi connectivity index (χ1n) is 7.64. The molecule has 1 aromatic heterocycles. The second kappa shape index (κ2) is 6.02. The maximum absolute atomic E-state index is 4.51. The van der Waals surface area contributed by atoms with Gasteiger partial charge in [0.15, 0.2) is 0 Å². The first-order chi connectivity index (χ1) is 9.78. The first kappa shape index (κ1) is 15.8. The van der Waals surface area contributed by atoms with E-state index in [2.05, 4.69) is 63.4 Å². The predicted molar refractivity (Wildman–Crippen MR) is 89.0 cm³/mol. The molecule has 3 heteroatoms. The van der Waals surface area contributed by atoms with E-state index in [1.54, 1.807) is 0 Å². The minimum Gasteiger partial charge on any atom is -0.312 e. The van der Waals surface area contributed by atoms with Crippen molar-refractivity contribution in [3.05, 3.63) is 48.3 Å². The third-order valence-electron chi connectivity index (χ3n) is 3.79.